The lowest BCUT2D eigenvalue weighted by molar-refractivity contribution is -0.116. The van der Waals surface area contributed by atoms with E-state index in [9.17, 15) is 14.4 Å². The van der Waals surface area contributed by atoms with Crippen molar-refractivity contribution < 1.29 is 33.3 Å². The van der Waals surface area contributed by atoms with Crippen LogP contribution in [0.2, 0.25) is 0 Å². The van der Waals surface area contributed by atoms with Crippen molar-refractivity contribution in [2.75, 3.05) is 33.3 Å². The molecule has 152 valence electrons. The number of carbonyl (C=O) groups is 3. The number of methoxy groups -OCH3 is 3. The summed E-state index contributed by atoms with van der Waals surface area (Å²) < 4.78 is 20.9. The van der Waals surface area contributed by atoms with E-state index >= 15 is 0 Å². The zero-order valence-electron chi connectivity index (χ0n) is 16.5. The Hall–Kier alpha value is -3.55. The molecule has 1 aliphatic heterocycles. The third kappa shape index (κ3) is 3.73. The molecule has 8 nitrogen and oxygen atoms in total. The second-order valence-electron chi connectivity index (χ2n) is 6.39. The highest BCUT2D eigenvalue weighted by Gasteiger charge is 2.27. The van der Waals surface area contributed by atoms with Crippen LogP contribution in [0.15, 0.2) is 30.3 Å². The van der Waals surface area contributed by atoms with E-state index in [0.29, 0.717) is 17.0 Å². The number of nitrogens with one attached hydrogen (secondary N) is 1. The molecule has 1 aliphatic rings. The number of ether oxygens (including phenoxy) is 4. The van der Waals surface area contributed by atoms with Crippen LogP contribution in [-0.4, -0.2) is 45.6 Å². The lowest BCUT2D eigenvalue weighted by Crippen LogP contribution is -2.15. The second-order valence-corrected chi connectivity index (χ2v) is 6.39. The van der Waals surface area contributed by atoms with Gasteiger partial charge in [-0.2, -0.15) is 0 Å². The zero-order chi connectivity index (χ0) is 21.1. The summed E-state index contributed by atoms with van der Waals surface area (Å²) in [5.41, 5.74) is 1.90. The topological polar surface area (TPSA) is 100 Å². The van der Waals surface area contributed by atoms with Gasteiger partial charge in [0.05, 0.1) is 27.2 Å². The molecule has 0 aliphatic carbocycles. The molecule has 1 heterocycles. The van der Waals surface area contributed by atoms with Crippen LogP contribution in [0.1, 0.15) is 39.1 Å². The van der Waals surface area contributed by atoms with Crippen molar-refractivity contribution in [1.29, 1.82) is 0 Å². The van der Waals surface area contributed by atoms with E-state index in [1.165, 1.54) is 27.4 Å². The van der Waals surface area contributed by atoms with Crippen molar-refractivity contribution >= 4 is 23.3 Å². The molecule has 3 rings (SSSR count). The Morgan fingerprint density at radius 3 is 2.38 bits per heavy atom. The molecule has 0 spiro atoms. The molecule has 0 fully saturated rings. The number of hydrogen-bond acceptors (Lipinski definition) is 7. The molecule has 29 heavy (non-hydrogen) atoms. The first-order valence-corrected chi connectivity index (χ1v) is 8.85. The molecule has 0 saturated heterocycles. The van der Waals surface area contributed by atoms with E-state index in [1.807, 2.05) is 0 Å². The van der Waals surface area contributed by atoms with Crippen LogP contribution < -0.4 is 19.5 Å². The standard InChI is InChI=1S/C21H21NO7/c1-11-14-9-12(5-7-15(14)22-20(11)24)16(23)10-29-21(25)13-6-8-17(26-2)19(28-4)18(13)27-3/h5-9,11H,10H2,1-4H3,(H,22,24)/t11-/m0/s1. The number of anilines is 1. The number of benzene rings is 2. The van der Waals surface area contributed by atoms with Crippen LogP contribution in [0, 0.1) is 0 Å². The van der Waals surface area contributed by atoms with Crippen molar-refractivity contribution in [1.82, 2.24) is 0 Å². The lowest BCUT2D eigenvalue weighted by atomic mass is 9.99. The van der Waals surface area contributed by atoms with Gasteiger partial charge in [0.25, 0.3) is 0 Å². The Labute approximate surface area is 167 Å². The van der Waals surface area contributed by atoms with Crippen LogP contribution >= 0.6 is 0 Å². The molecule has 0 saturated carbocycles. The van der Waals surface area contributed by atoms with Gasteiger partial charge in [0.15, 0.2) is 23.9 Å². The zero-order valence-corrected chi connectivity index (χ0v) is 16.5. The van der Waals surface area contributed by atoms with E-state index in [0.717, 1.165) is 5.56 Å². The number of amides is 1. The van der Waals surface area contributed by atoms with Gasteiger partial charge < -0.3 is 24.3 Å². The van der Waals surface area contributed by atoms with Crippen LogP contribution in [0.3, 0.4) is 0 Å². The maximum atomic E-state index is 12.5. The Balaban J connectivity index is 1.75. The minimum absolute atomic E-state index is 0.107. The van der Waals surface area contributed by atoms with Crippen molar-refractivity contribution in [3.8, 4) is 17.2 Å². The van der Waals surface area contributed by atoms with Crippen LogP contribution in [0.5, 0.6) is 17.2 Å². The number of fused-ring (bicyclic) bond motifs is 1. The fraction of sp³-hybridized carbons (Fsp3) is 0.286. The van der Waals surface area contributed by atoms with E-state index in [4.69, 9.17) is 18.9 Å². The minimum atomic E-state index is -0.734. The van der Waals surface area contributed by atoms with Crippen LogP contribution in [-0.2, 0) is 9.53 Å². The van der Waals surface area contributed by atoms with E-state index in [1.54, 1.807) is 31.2 Å². The number of Topliss-reactive ketones (excluding diaryl/α,β-unsaturated/α-hetero) is 1. The summed E-state index contributed by atoms with van der Waals surface area (Å²) in [4.78, 5) is 36.7. The summed E-state index contributed by atoms with van der Waals surface area (Å²) >= 11 is 0. The predicted octanol–water partition coefficient (Wildman–Crippen LogP) is 2.81. The molecule has 2 aromatic carbocycles. The molecular weight excluding hydrogens is 378 g/mol. The van der Waals surface area contributed by atoms with E-state index in [-0.39, 0.29) is 34.7 Å². The molecule has 0 bridgehead atoms. The smallest absolute Gasteiger partial charge is 0.342 e. The van der Waals surface area contributed by atoms with Crippen molar-refractivity contribution in [3.63, 3.8) is 0 Å². The predicted molar refractivity (Wildman–Crippen MR) is 104 cm³/mol. The van der Waals surface area contributed by atoms with Crippen LogP contribution in [0.4, 0.5) is 5.69 Å². The first-order valence-electron chi connectivity index (χ1n) is 8.85. The van der Waals surface area contributed by atoms with Gasteiger partial charge in [0.2, 0.25) is 11.7 Å². The SMILES string of the molecule is COc1ccc(C(=O)OCC(=O)c2ccc3c(c2)[C@H](C)C(=O)N3)c(OC)c1OC. The molecule has 0 radical (unpaired) electrons. The fourth-order valence-corrected chi connectivity index (χ4v) is 3.14. The maximum Gasteiger partial charge on any atom is 0.342 e. The van der Waals surface area contributed by atoms with Crippen molar-refractivity contribution in [2.24, 2.45) is 0 Å². The van der Waals surface area contributed by atoms with E-state index < -0.39 is 12.6 Å². The van der Waals surface area contributed by atoms with Crippen LogP contribution in [0.25, 0.3) is 0 Å². The number of esters is 1. The first kappa shape index (κ1) is 20.2. The largest absolute Gasteiger partial charge is 0.493 e. The highest BCUT2D eigenvalue weighted by atomic mass is 16.5. The molecule has 0 aromatic heterocycles. The molecule has 0 unspecified atom stereocenters. The normalized spacial score (nSPS) is 14.6. The highest BCUT2D eigenvalue weighted by Crippen LogP contribution is 2.40. The Morgan fingerprint density at radius 1 is 1.00 bits per heavy atom. The van der Waals surface area contributed by atoms with E-state index in [2.05, 4.69) is 5.32 Å². The second kappa shape index (κ2) is 8.22. The van der Waals surface area contributed by atoms with Crippen molar-refractivity contribution in [3.05, 3.63) is 47.0 Å². The quantitative estimate of drug-likeness (QED) is 0.564. The van der Waals surface area contributed by atoms with Gasteiger partial charge in [0.1, 0.15) is 5.56 Å². The summed E-state index contributed by atoms with van der Waals surface area (Å²) in [5.74, 6) is -0.768. The summed E-state index contributed by atoms with van der Waals surface area (Å²) in [7, 11) is 4.28. The van der Waals surface area contributed by atoms with Gasteiger partial charge >= 0.3 is 5.97 Å². The van der Waals surface area contributed by atoms with Gasteiger partial charge in [-0.15, -0.1) is 0 Å². The Morgan fingerprint density at radius 2 is 1.72 bits per heavy atom. The minimum Gasteiger partial charge on any atom is -0.493 e. The molecule has 1 amide bonds. The lowest BCUT2D eigenvalue weighted by Gasteiger charge is -2.15. The molecule has 1 atom stereocenters. The summed E-state index contributed by atoms with van der Waals surface area (Å²) in [5, 5.41) is 2.75. The number of carbonyl (C=O) groups excluding carboxylic acids is 3. The molecular formula is C21H21NO7. The average Bonchev–Trinajstić information content (AvgIpc) is 3.03. The van der Waals surface area contributed by atoms with Gasteiger partial charge in [0, 0.05) is 11.3 Å². The van der Waals surface area contributed by atoms with Gasteiger partial charge in [-0.1, -0.05) is 0 Å². The Bertz CT molecular complexity index is 983. The number of rotatable bonds is 7. The molecule has 2 aromatic rings. The average molecular weight is 399 g/mol. The summed E-state index contributed by atoms with van der Waals surface area (Å²) in [6.07, 6.45) is 0. The number of ketones is 1. The number of hydrogen-bond donors (Lipinski definition) is 1. The third-order valence-electron chi connectivity index (χ3n) is 4.75. The molecule has 1 N–H and O–H groups in total. The first-order chi connectivity index (χ1) is 13.9. The third-order valence-corrected chi connectivity index (χ3v) is 4.75. The monoisotopic (exact) mass is 399 g/mol. The van der Waals surface area contributed by atoms with Crippen molar-refractivity contribution in [2.45, 2.75) is 12.8 Å². The Kier molecular flexibility index (Phi) is 5.72. The fourth-order valence-electron chi connectivity index (χ4n) is 3.14. The van der Waals surface area contributed by atoms with Gasteiger partial charge in [-0.3, -0.25) is 9.59 Å². The molecule has 8 heteroatoms. The van der Waals surface area contributed by atoms with Gasteiger partial charge in [-0.05, 0) is 42.8 Å². The van der Waals surface area contributed by atoms with Gasteiger partial charge in [-0.25, -0.2) is 4.79 Å². The summed E-state index contributed by atoms with van der Waals surface area (Å²) in [6, 6.07) is 7.92. The highest BCUT2D eigenvalue weighted by molar-refractivity contribution is 6.05. The maximum absolute atomic E-state index is 12.5. The summed E-state index contributed by atoms with van der Waals surface area (Å²) in [6.45, 7) is 1.31.